The van der Waals surface area contributed by atoms with Crippen LogP contribution in [0, 0.1) is 0 Å². The van der Waals surface area contributed by atoms with E-state index in [2.05, 4.69) is 6.58 Å². The Morgan fingerprint density at radius 2 is 2.00 bits per heavy atom. The van der Waals surface area contributed by atoms with Crippen molar-refractivity contribution in [3.05, 3.63) is 23.8 Å². The third-order valence-electron chi connectivity index (χ3n) is 1.35. The van der Waals surface area contributed by atoms with Crippen LogP contribution in [0.3, 0.4) is 0 Å². The summed E-state index contributed by atoms with van der Waals surface area (Å²) in [6.07, 6.45) is 1.44. The summed E-state index contributed by atoms with van der Waals surface area (Å²) in [6, 6.07) is 0. The Morgan fingerprint density at radius 1 is 1.56 bits per heavy atom. The fourth-order valence-electron chi connectivity index (χ4n) is 0.547. The maximum absolute atomic E-state index is 9.23. The molecule has 0 bridgehead atoms. The molecule has 0 radical (unpaired) electrons. The molecule has 52 valence electrons. The molecule has 0 saturated carbocycles. The molecule has 1 atom stereocenters. The van der Waals surface area contributed by atoms with Crippen molar-refractivity contribution in [2.45, 2.75) is 26.9 Å². The first-order chi connectivity index (χ1) is 4.09. The summed E-state index contributed by atoms with van der Waals surface area (Å²) in [6.45, 7) is 9.24. The van der Waals surface area contributed by atoms with Crippen molar-refractivity contribution in [3.8, 4) is 0 Å². The predicted molar refractivity (Wildman–Crippen MR) is 40.3 cm³/mol. The molecule has 0 rings (SSSR count). The van der Waals surface area contributed by atoms with Gasteiger partial charge in [0, 0.05) is 0 Å². The third kappa shape index (κ3) is 2.47. The van der Waals surface area contributed by atoms with Crippen LogP contribution in [0.15, 0.2) is 23.8 Å². The lowest BCUT2D eigenvalue weighted by atomic mass is 10.1. The molecule has 0 saturated heterocycles. The van der Waals surface area contributed by atoms with E-state index in [1.807, 2.05) is 26.8 Å². The molecule has 0 heterocycles. The molecule has 0 unspecified atom stereocenters. The quantitative estimate of drug-likeness (QED) is 0.560. The van der Waals surface area contributed by atoms with Gasteiger partial charge >= 0.3 is 0 Å². The standard InChI is InChI=1S/C8H14O/c1-5-7(4)8(9)6(2)3/h5,8-9H,2H2,1,3-4H3/b7-5+/t8-/m1/s1. The van der Waals surface area contributed by atoms with Crippen molar-refractivity contribution in [2.24, 2.45) is 0 Å². The van der Waals surface area contributed by atoms with Gasteiger partial charge in [0.1, 0.15) is 0 Å². The van der Waals surface area contributed by atoms with Crippen LogP contribution in [0.2, 0.25) is 0 Å². The second-order valence-corrected chi connectivity index (χ2v) is 2.28. The molecular formula is C8H14O. The highest BCUT2D eigenvalue weighted by Gasteiger charge is 2.03. The lowest BCUT2D eigenvalue weighted by Gasteiger charge is -2.08. The molecule has 1 nitrogen and oxygen atoms in total. The Labute approximate surface area is 56.7 Å². The van der Waals surface area contributed by atoms with E-state index in [1.165, 1.54) is 0 Å². The fourth-order valence-corrected chi connectivity index (χ4v) is 0.547. The highest BCUT2D eigenvalue weighted by molar-refractivity contribution is 5.16. The second kappa shape index (κ2) is 3.46. The van der Waals surface area contributed by atoms with Crippen LogP contribution < -0.4 is 0 Å². The Kier molecular flexibility index (Phi) is 3.25. The molecule has 1 N–H and O–H groups in total. The maximum atomic E-state index is 9.23. The molecule has 0 aromatic heterocycles. The van der Waals surface area contributed by atoms with Gasteiger partial charge in [-0.05, 0) is 31.9 Å². The van der Waals surface area contributed by atoms with Crippen LogP contribution in [0.5, 0.6) is 0 Å². The lowest BCUT2D eigenvalue weighted by molar-refractivity contribution is 0.247. The topological polar surface area (TPSA) is 20.2 Å². The molecule has 0 aliphatic rings. The predicted octanol–water partition coefficient (Wildman–Crippen LogP) is 1.89. The number of hydrogen-bond acceptors (Lipinski definition) is 1. The fraction of sp³-hybridized carbons (Fsp3) is 0.500. The van der Waals surface area contributed by atoms with Crippen molar-refractivity contribution in [3.63, 3.8) is 0 Å². The van der Waals surface area contributed by atoms with Crippen LogP contribution in [-0.2, 0) is 0 Å². The zero-order chi connectivity index (χ0) is 7.44. The number of aliphatic hydroxyl groups is 1. The first-order valence-corrected chi connectivity index (χ1v) is 3.06. The number of allylic oxidation sites excluding steroid dienone is 1. The van der Waals surface area contributed by atoms with E-state index in [4.69, 9.17) is 0 Å². The van der Waals surface area contributed by atoms with Crippen LogP contribution >= 0.6 is 0 Å². The minimum absolute atomic E-state index is 0.449. The van der Waals surface area contributed by atoms with Crippen LogP contribution in [0.25, 0.3) is 0 Å². The monoisotopic (exact) mass is 126 g/mol. The van der Waals surface area contributed by atoms with Crippen molar-refractivity contribution in [2.75, 3.05) is 0 Å². The highest BCUT2D eigenvalue weighted by Crippen LogP contribution is 2.07. The highest BCUT2D eigenvalue weighted by atomic mass is 16.3. The number of aliphatic hydroxyl groups excluding tert-OH is 1. The summed E-state index contributed by atoms with van der Waals surface area (Å²) < 4.78 is 0. The van der Waals surface area contributed by atoms with Crippen LogP contribution in [-0.4, -0.2) is 11.2 Å². The smallest absolute Gasteiger partial charge is 0.0952 e. The third-order valence-corrected chi connectivity index (χ3v) is 1.35. The van der Waals surface area contributed by atoms with E-state index in [0.29, 0.717) is 0 Å². The SMILES string of the molecule is C=C(C)[C@@H](O)/C(C)=C/C. The van der Waals surface area contributed by atoms with E-state index in [9.17, 15) is 5.11 Å². The average molecular weight is 126 g/mol. The normalized spacial score (nSPS) is 15.3. The molecule has 0 amide bonds. The van der Waals surface area contributed by atoms with E-state index < -0.39 is 6.10 Å². The van der Waals surface area contributed by atoms with Gasteiger partial charge in [-0.1, -0.05) is 12.7 Å². The lowest BCUT2D eigenvalue weighted by Crippen LogP contribution is -2.07. The van der Waals surface area contributed by atoms with Crippen molar-refractivity contribution in [1.29, 1.82) is 0 Å². The van der Waals surface area contributed by atoms with Gasteiger partial charge in [-0.2, -0.15) is 0 Å². The largest absolute Gasteiger partial charge is 0.384 e. The molecular weight excluding hydrogens is 112 g/mol. The summed E-state index contributed by atoms with van der Waals surface area (Å²) in [5.41, 5.74) is 1.76. The summed E-state index contributed by atoms with van der Waals surface area (Å²) >= 11 is 0. The van der Waals surface area contributed by atoms with Gasteiger partial charge < -0.3 is 5.11 Å². The van der Waals surface area contributed by atoms with Gasteiger partial charge in [0.25, 0.3) is 0 Å². The molecule has 0 aromatic rings. The van der Waals surface area contributed by atoms with Crippen LogP contribution in [0.4, 0.5) is 0 Å². The Hall–Kier alpha value is -0.560. The Morgan fingerprint density at radius 3 is 2.11 bits per heavy atom. The Bertz CT molecular complexity index is 134. The zero-order valence-electron chi connectivity index (χ0n) is 6.31. The van der Waals surface area contributed by atoms with Gasteiger partial charge in [0.05, 0.1) is 6.10 Å². The number of hydrogen-bond donors (Lipinski definition) is 1. The molecule has 9 heavy (non-hydrogen) atoms. The molecule has 0 fully saturated rings. The van der Waals surface area contributed by atoms with Crippen molar-refractivity contribution in [1.82, 2.24) is 0 Å². The first-order valence-electron chi connectivity index (χ1n) is 3.06. The van der Waals surface area contributed by atoms with E-state index >= 15 is 0 Å². The Balaban J connectivity index is 4.04. The molecule has 0 aromatic carbocycles. The van der Waals surface area contributed by atoms with Gasteiger partial charge in [-0.15, -0.1) is 0 Å². The van der Waals surface area contributed by atoms with Crippen molar-refractivity contribution < 1.29 is 5.11 Å². The van der Waals surface area contributed by atoms with E-state index in [1.54, 1.807) is 0 Å². The summed E-state index contributed by atoms with van der Waals surface area (Å²) in [7, 11) is 0. The second-order valence-electron chi connectivity index (χ2n) is 2.28. The molecule has 1 heteroatoms. The van der Waals surface area contributed by atoms with Gasteiger partial charge in [-0.25, -0.2) is 0 Å². The maximum Gasteiger partial charge on any atom is 0.0952 e. The van der Waals surface area contributed by atoms with Gasteiger partial charge in [0.2, 0.25) is 0 Å². The van der Waals surface area contributed by atoms with Crippen LogP contribution in [0.1, 0.15) is 20.8 Å². The summed E-state index contributed by atoms with van der Waals surface area (Å²) in [5.74, 6) is 0. The first kappa shape index (κ1) is 8.44. The summed E-state index contributed by atoms with van der Waals surface area (Å²) in [5, 5.41) is 9.23. The average Bonchev–Trinajstić information content (AvgIpc) is 1.84. The van der Waals surface area contributed by atoms with Gasteiger partial charge in [-0.3, -0.25) is 0 Å². The number of rotatable bonds is 2. The minimum Gasteiger partial charge on any atom is -0.384 e. The molecule has 0 aliphatic heterocycles. The van der Waals surface area contributed by atoms with Crippen molar-refractivity contribution >= 4 is 0 Å². The zero-order valence-corrected chi connectivity index (χ0v) is 6.31. The molecule has 0 aliphatic carbocycles. The summed E-state index contributed by atoms with van der Waals surface area (Å²) in [4.78, 5) is 0. The molecule has 0 spiro atoms. The van der Waals surface area contributed by atoms with E-state index in [-0.39, 0.29) is 0 Å². The van der Waals surface area contributed by atoms with E-state index in [0.717, 1.165) is 11.1 Å². The van der Waals surface area contributed by atoms with Gasteiger partial charge in [0.15, 0.2) is 0 Å². The minimum atomic E-state index is -0.449.